The van der Waals surface area contributed by atoms with E-state index in [4.69, 9.17) is 0 Å². The Hall–Kier alpha value is -1.09. The molecule has 0 saturated carbocycles. The van der Waals surface area contributed by atoms with Gasteiger partial charge in [-0.3, -0.25) is 0 Å². The molecule has 1 aromatic rings. The quantitative estimate of drug-likeness (QED) is 0.643. The van der Waals surface area contributed by atoms with Gasteiger partial charge in [0, 0.05) is 7.05 Å². The predicted octanol–water partition coefficient (Wildman–Crippen LogP) is 1.03. The molecule has 0 saturated heterocycles. The van der Waals surface area contributed by atoms with Crippen LogP contribution in [0.4, 0.5) is 0 Å². The second-order valence-corrected chi connectivity index (χ2v) is 2.68. The van der Waals surface area contributed by atoms with Gasteiger partial charge in [0.15, 0.2) is 0 Å². The van der Waals surface area contributed by atoms with E-state index in [2.05, 4.69) is 11.6 Å². The van der Waals surface area contributed by atoms with E-state index in [1.807, 2.05) is 7.05 Å². The molecule has 1 rings (SSSR count). The Balaban J connectivity index is 2.92. The number of rotatable bonds is 2. The summed E-state index contributed by atoms with van der Waals surface area (Å²) >= 11 is 0. The number of hydrogen-bond acceptors (Lipinski definition) is 2. The van der Waals surface area contributed by atoms with Crippen LogP contribution in [0.1, 0.15) is 18.7 Å². The van der Waals surface area contributed by atoms with Crippen LogP contribution in [0.2, 0.25) is 0 Å². The maximum atomic E-state index is 9.51. The van der Waals surface area contributed by atoms with Gasteiger partial charge in [-0.05, 0) is 12.5 Å². The summed E-state index contributed by atoms with van der Waals surface area (Å²) in [5.41, 5.74) is 1.51. The van der Waals surface area contributed by atoms with E-state index in [1.165, 1.54) is 0 Å². The first-order valence-electron chi connectivity index (χ1n) is 3.42. The van der Waals surface area contributed by atoms with Crippen molar-refractivity contribution in [3.63, 3.8) is 0 Å². The molecule has 60 valence electrons. The fraction of sp³-hybridized carbons (Fsp3) is 0.375. The largest absolute Gasteiger partial charge is 0.382 e. The van der Waals surface area contributed by atoms with E-state index in [0.29, 0.717) is 0 Å². The minimum atomic E-state index is -0.595. The Morgan fingerprint density at radius 2 is 2.45 bits per heavy atom. The van der Waals surface area contributed by atoms with Crippen molar-refractivity contribution in [3.05, 3.63) is 30.4 Å². The SMILES string of the molecule is C=C(C)C(O)c1cncn1C. The Labute approximate surface area is 66.0 Å². The molecule has 1 N–H and O–H groups in total. The summed E-state index contributed by atoms with van der Waals surface area (Å²) < 4.78 is 1.78. The van der Waals surface area contributed by atoms with Gasteiger partial charge in [0.1, 0.15) is 6.10 Å². The standard InChI is InChI=1S/C8H12N2O/c1-6(2)8(11)7-4-9-5-10(7)3/h4-5,8,11H,1H2,2-3H3. The summed E-state index contributed by atoms with van der Waals surface area (Å²) in [7, 11) is 1.84. The second kappa shape index (κ2) is 2.88. The summed E-state index contributed by atoms with van der Waals surface area (Å²) in [5, 5.41) is 9.51. The van der Waals surface area contributed by atoms with Crippen LogP contribution >= 0.6 is 0 Å². The summed E-state index contributed by atoms with van der Waals surface area (Å²) in [5.74, 6) is 0. The average Bonchev–Trinajstić information content (AvgIpc) is 2.33. The molecule has 0 amide bonds. The van der Waals surface area contributed by atoms with Gasteiger partial charge in [-0.2, -0.15) is 0 Å². The third-order valence-electron chi connectivity index (χ3n) is 1.60. The zero-order chi connectivity index (χ0) is 8.43. The van der Waals surface area contributed by atoms with Gasteiger partial charge in [0.05, 0.1) is 18.2 Å². The van der Waals surface area contributed by atoms with Crippen LogP contribution in [0, 0.1) is 0 Å². The second-order valence-electron chi connectivity index (χ2n) is 2.68. The molecule has 1 aromatic heterocycles. The van der Waals surface area contributed by atoms with Gasteiger partial charge >= 0.3 is 0 Å². The van der Waals surface area contributed by atoms with Crippen LogP contribution < -0.4 is 0 Å². The molecule has 3 heteroatoms. The monoisotopic (exact) mass is 152 g/mol. The zero-order valence-electron chi connectivity index (χ0n) is 6.78. The van der Waals surface area contributed by atoms with Gasteiger partial charge in [-0.25, -0.2) is 4.98 Å². The lowest BCUT2D eigenvalue weighted by molar-refractivity contribution is 0.207. The Bertz CT molecular complexity index is 265. The summed E-state index contributed by atoms with van der Waals surface area (Å²) in [6, 6.07) is 0. The van der Waals surface area contributed by atoms with Gasteiger partial charge in [0.2, 0.25) is 0 Å². The molecular weight excluding hydrogens is 140 g/mol. The van der Waals surface area contributed by atoms with Crippen molar-refractivity contribution in [2.45, 2.75) is 13.0 Å². The lowest BCUT2D eigenvalue weighted by atomic mass is 10.1. The molecule has 1 atom stereocenters. The van der Waals surface area contributed by atoms with Gasteiger partial charge in [-0.15, -0.1) is 0 Å². The first-order valence-corrected chi connectivity index (χ1v) is 3.42. The molecule has 1 unspecified atom stereocenters. The number of aromatic nitrogens is 2. The molecule has 0 fully saturated rings. The molecule has 11 heavy (non-hydrogen) atoms. The van der Waals surface area contributed by atoms with Crippen LogP contribution in [-0.4, -0.2) is 14.7 Å². The highest BCUT2D eigenvalue weighted by molar-refractivity contribution is 5.13. The van der Waals surface area contributed by atoms with Crippen molar-refractivity contribution in [2.75, 3.05) is 0 Å². The third-order valence-corrected chi connectivity index (χ3v) is 1.60. The molecular formula is C8H12N2O. The normalized spacial score (nSPS) is 13.0. The van der Waals surface area contributed by atoms with Crippen molar-refractivity contribution in [1.29, 1.82) is 0 Å². The molecule has 0 aliphatic carbocycles. The highest BCUT2D eigenvalue weighted by atomic mass is 16.3. The number of nitrogens with zero attached hydrogens (tertiary/aromatic N) is 2. The fourth-order valence-corrected chi connectivity index (χ4v) is 0.883. The van der Waals surface area contributed by atoms with Gasteiger partial charge in [-0.1, -0.05) is 6.58 Å². The number of aryl methyl sites for hydroxylation is 1. The van der Waals surface area contributed by atoms with Crippen molar-refractivity contribution in [3.8, 4) is 0 Å². The molecule has 0 aliphatic rings. The van der Waals surface area contributed by atoms with Crippen molar-refractivity contribution >= 4 is 0 Å². The van der Waals surface area contributed by atoms with Crippen LogP contribution in [0.25, 0.3) is 0 Å². The smallest absolute Gasteiger partial charge is 0.116 e. The Kier molecular flexibility index (Phi) is 2.10. The van der Waals surface area contributed by atoms with Gasteiger partial charge in [0.25, 0.3) is 0 Å². The lowest BCUT2D eigenvalue weighted by Crippen LogP contribution is -2.03. The van der Waals surface area contributed by atoms with E-state index >= 15 is 0 Å². The van der Waals surface area contributed by atoms with E-state index in [9.17, 15) is 5.11 Å². The summed E-state index contributed by atoms with van der Waals surface area (Å²) in [6.45, 7) is 5.45. The summed E-state index contributed by atoms with van der Waals surface area (Å²) in [6.07, 6.45) is 2.70. The van der Waals surface area contributed by atoms with Crippen LogP contribution in [0.3, 0.4) is 0 Å². The molecule has 3 nitrogen and oxygen atoms in total. The number of aliphatic hydroxyl groups is 1. The van der Waals surface area contributed by atoms with E-state index in [-0.39, 0.29) is 0 Å². The third kappa shape index (κ3) is 1.49. The molecule has 0 bridgehead atoms. The molecule has 0 radical (unpaired) electrons. The molecule has 1 heterocycles. The van der Waals surface area contributed by atoms with Crippen LogP contribution in [-0.2, 0) is 7.05 Å². The zero-order valence-corrected chi connectivity index (χ0v) is 6.78. The predicted molar refractivity (Wildman–Crippen MR) is 43.0 cm³/mol. The fourth-order valence-electron chi connectivity index (χ4n) is 0.883. The molecule has 0 aliphatic heterocycles. The lowest BCUT2D eigenvalue weighted by Gasteiger charge is -2.09. The number of imidazole rings is 1. The van der Waals surface area contributed by atoms with Crippen molar-refractivity contribution in [1.82, 2.24) is 9.55 Å². The number of aliphatic hydroxyl groups excluding tert-OH is 1. The molecule has 0 aromatic carbocycles. The first kappa shape index (κ1) is 8.01. The van der Waals surface area contributed by atoms with E-state index in [0.717, 1.165) is 11.3 Å². The van der Waals surface area contributed by atoms with Gasteiger partial charge < -0.3 is 9.67 Å². The summed E-state index contributed by atoms with van der Waals surface area (Å²) in [4.78, 5) is 3.89. The van der Waals surface area contributed by atoms with E-state index < -0.39 is 6.10 Å². The highest BCUT2D eigenvalue weighted by Crippen LogP contribution is 2.17. The Morgan fingerprint density at radius 3 is 2.82 bits per heavy atom. The molecule has 0 spiro atoms. The Morgan fingerprint density at radius 1 is 1.82 bits per heavy atom. The van der Waals surface area contributed by atoms with E-state index in [1.54, 1.807) is 24.0 Å². The minimum absolute atomic E-state index is 0.595. The maximum Gasteiger partial charge on any atom is 0.116 e. The van der Waals surface area contributed by atoms with Crippen LogP contribution in [0.5, 0.6) is 0 Å². The topological polar surface area (TPSA) is 38.1 Å². The van der Waals surface area contributed by atoms with Crippen molar-refractivity contribution < 1.29 is 5.11 Å². The number of hydrogen-bond donors (Lipinski definition) is 1. The average molecular weight is 152 g/mol. The van der Waals surface area contributed by atoms with Crippen molar-refractivity contribution in [2.24, 2.45) is 7.05 Å². The first-order chi connectivity index (χ1) is 5.13. The minimum Gasteiger partial charge on any atom is -0.382 e. The highest BCUT2D eigenvalue weighted by Gasteiger charge is 2.10. The maximum absolute atomic E-state index is 9.51. The van der Waals surface area contributed by atoms with Crippen LogP contribution in [0.15, 0.2) is 24.7 Å².